The molecular formula is C19H17N3O3S. The van der Waals surface area contributed by atoms with Gasteiger partial charge in [-0.25, -0.2) is 4.98 Å². The number of nitrogens with one attached hydrogen (secondary N) is 1. The van der Waals surface area contributed by atoms with Gasteiger partial charge in [-0.1, -0.05) is 12.1 Å². The zero-order valence-electron chi connectivity index (χ0n) is 14.0. The lowest BCUT2D eigenvalue weighted by atomic mass is 10.1. The van der Waals surface area contributed by atoms with E-state index in [-0.39, 0.29) is 19.1 Å². The molecular weight excluding hydrogens is 350 g/mol. The number of hydrogen-bond donors (Lipinski definition) is 1. The Labute approximate surface area is 154 Å². The molecule has 26 heavy (non-hydrogen) atoms. The van der Waals surface area contributed by atoms with E-state index in [2.05, 4.69) is 15.3 Å². The lowest BCUT2D eigenvalue weighted by molar-refractivity contribution is -0.120. The van der Waals surface area contributed by atoms with Crippen LogP contribution in [0.5, 0.6) is 11.5 Å². The van der Waals surface area contributed by atoms with E-state index < -0.39 is 0 Å². The summed E-state index contributed by atoms with van der Waals surface area (Å²) >= 11 is 1.50. The molecule has 0 atom stereocenters. The summed E-state index contributed by atoms with van der Waals surface area (Å²) in [6.07, 6.45) is 2.74. The predicted molar refractivity (Wildman–Crippen MR) is 98.3 cm³/mol. The third-order valence-corrected chi connectivity index (χ3v) is 4.86. The maximum atomic E-state index is 12.1. The summed E-state index contributed by atoms with van der Waals surface area (Å²) in [5, 5.41) is 5.67. The van der Waals surface area contributed by atoms with Gasteiger partial charge in [0.2, 0.25) is 12.7 Å². The fraction of sp³-hybridized carbons (Fsp3) is 0.211. The molecule has 0 unspecified atom stereocenters. The van der Waals surface area contributed by atoms with Crippen LogP contribution in [0.25, 0.3) is 10.7 Å². The second kappa shape index (κ2) is 7.53. The van der Waals surface area contributed by atoms with Gasteiger partial charge in [-0.05, 0) is 36.2 Å². The van der Waals surface area contributed by atoms with Gasteiger partial charge in [0.05, 0.1) is 17.8 Å². The molecule has 7 heteroatoms. The van der Waals surface area contributed by atoms with Gasteiger partial charge in [0.25, 0.3) is 0 Å². The molecule has 0 aliphatic carbocycles. The van der Waals surface area contributed by atoms with Crippen LogP contribution in [0.1, 0.15) is 11.3 Å². The van der Waals surface area contributed by atoms with Crippen molar-refractivity contribution >= 4 is 17.2 Å². The summed E-state index contributed by atoms with van der Waals surface area (Å²) in [6, 6.07) is 11.5. The molecule has 0 spiro atoms. The van der Waals surface area contributed by atoms with Crippen molar-refractivity contribution in [2.24, 2.45) is 0 Å². The van der Waals surface area contributed by atoms with E-state index in [9.17, 15) is 4.79 Å². The van der Waals surface area contributed by atoms with Crippen molar-refractivity contribution in [2.45, 2.75) is 12.8 Å². The molecule has 0 bridgehead atoms. The second-order valence-corrected chi connectivity index (χ2v) is 6.68. The van der Waals surface area contributed by atoms with Crippen molar-refractivity contribution in [3.05, 3.63) is 59.2 Å². The number of benzene rings is 1. The third kappa shape index (κ3) is 3.83. The third-order valence-electron chi connectivity index (χ3n) is 3.95. The number of hydrogen-bond acceptors (Lipinski definition) is 6. The Bertz CT molecular complexity index is 911. The van der Waals surface area contributed by atoms with E-state index in [1.165, 1.54) is 11.3 Å². The van der Waals surface area contributed by atoms with E-state index in [1.54, 1.807) is 6.20 Å². The first-order valence-corrected chi connectivity index (χ1v) is 9.17. The van der Waals surface area contributed by atoms with E-state index in [4.69, 9.17) is 9.47 Å². The predicted octanol–water partition coefficient (Wildman–Crippen LogP) is 2.84. The van der Waals surface area contributed by atoms with Crippen LogP contribution in [0.3, 0.4) is 0 Å². The van der Waals surface area contributed by atoms with Crippen molar-refractivity contribution in [1.29, 1.82) is 0 Å². The van der Waals surface area contributed by atoms with Crippen LogP contribution >= 0.6 is 11.3 Å². The van der Waals surface area contributed by atoms with Crippen molar-refractivity contribution in [3.8, 4) is 22.2 Å². The van der Waals surface area contributed by atoms with Gasteiger partial charge in [-0.3, -0.25) is 9.78 Å². The van der Waals surface area contributed by atoms with Crippen LogP contribution in [0, 0.1) is 0 Å². The fourth-order valence-corrected chi connectivity index (χ4v) is 3.46. The SMILES string of the molecule is O=C(Cc1csc(-c2ccccn2)n1)NCCc1ccc2c(c1)OCO2. The number of carbonyl (C=O) groups is 1. The summed E-state index contributed by atoms with van der Waals surface area (Å²) in [7, 11) is 0. The van der Waals surface area contributed by atoms with Crippen LogP contribution in [-0.2, 0) is 17.6 Å². The smallest absolute Gasteiger partial charge is 0.231 e. The first-order chi connectivity index (χ1) is 12.8. The van der Waals surface area contributed by atoms with Crippen molar-refractivity contribution in [2.75, 3.05) is 13.3 Å². The molecule has 0 fully saturated rings. The summed E-state index contributed by atoms with van der Waals surface area (Å²) in [6.45, 7) is 0.833. The Kier molecular flexibility index (Phi) is 4.79. The molecule has 3 aromatic rings. The highest BCUT2D eigenvalue weighted by atomic mass is 32.1. The highest BCUT2D eigenvalue weighted by Crippen LogP contribution is 2.32. The maximum absolute atomic E-state index is 12.1. The average molecular weight is 367 g/mol. The zero-order chi connectivity index (χ0) is 17.8. The number of amides is 1. The minimum absolute atomic E-state index is 0.0383. The van der Waals surface area contributed by atoms with Gasteiger partial charge in [0, 0.05) is 18.1 Å². The lowest BCUT2D eigenvalue weighted by Crippen LogP contribution is -2.27. The summed E-state index contributed by atoms with van der Waals surface area (Å²) < 4.78 is 10.7. The molecule has 0 saturated carbocycles. The number of thiazole rings is 1. The van der Waals surface area contributed by atoms with Gasteiger partial charge < -0.3 is 14.8 Å². The van der Waals surface area contributed by atoms with E-state index in [0.717, 1.165) is 39.9 Å². The number of pyridine rings is 1. The monoisotopic (exact) mass is 367 g/mol. The van der Waals surface area contributed by atoms with Crippen LogP contribution in [0.4, 0.5) is 0 Å². The number of nitrogens with zero attached hydrogens (tertiary/aromatic N) is 2. The molecule has 0 saturated heterocycles. The molecule has 132 valence electrons. The minimum Gasteiger partial charge on any atom is -0.454 e. The number of rotatable bonds is 6. The molecule has 3 heterocycles. The van der Waals surface area contributed by atoms with Gasteiger partial charge in [-0.2, -0.15) is 0 Å². The van der Waals surface area contributed by atoms with Gasteiger partial charge in [0.1, 0.15) is 5.01 Å². The molecule has 0 radical (unpaired) electrons. The normalized spacial score (nSPS) is 12.2. The molecule has 1 amide bonds. The molecule has 1 N–H and O–H groups in total. The van der Waals surface area contributed by atoms with Gasteiger partial charge in [-0.15, -0.1) is 11.3 Å². The second-order valence-electron chi connectivity index (χ2n) is 5.82. The molecule has 2 aromatic heterocycles. The topological polar surface area (TPSA) is 73.3 Å². The number of aromatic nitrogens is 2. The molecule has 6 nitrogen and oxygen atoms in total. The molecule has 1 aliphatic rings. The van der Waals surface area contributed by atoms with E-state index >= 15 is 0 Å². The quantitative estimate of drug-likeness (QED) is 0.725. The standard InChI is InChI=1S/C19H17N3O3S/c23-18(10-14-11-26-19(22-14)15-3-1-2-7-20-15)21-8-6-13-4-5-16-17(9-13)25-12-24-16/h1-5,7,9,11H,6,8,10,12H2,(H,21,23). The highest BCUT2D eigenvalue weighted by molar-refractivity contribution is 7.13. The lowest BCUT2D eigenvalue weighted by Gasteiger charge is -2.05. The van der Waals surface area contributed by atoms with Gasteiger partial charge in [0.15, 0.2) is 11.5 Å². The molecule has 4 rings (SSSR count). The number of ether oxygens (including phenoxy) is 2. The zero-order valence-corrected chi connectivity index (χ0v) is 14.8. The summed E-state index contributed by atoms with van der Waals surface area (Å²) in [5.74, 6) is 1.49. The minimum atomic E-state index is -0.0383. The van der Waals surface area contributed by atoms with Crippen molar-refractivity contribution in [1.82, 2.24) is 15.3 Å². The first kappa shape index (κ1) is 16.5. The van der Waals surface area contributed by atoms with Crippen LogP contribution in [-0.4, -0.2) is 29.2 Å². The number of carbonyl (C=O) groups excluding carboxylic acids is 1. The number of fused-ring (bicyclic) bond motifs is 1. The van der Waals surface area contributed by atoms with E-state index in [0.29, 0.717) is 6.54 Å². The Hall–Kier alpha value is -2.93. The first-order valence-electron chi connectivity index (χ1n) is 8.29. The maximum Gasteiger partial charge on any atom is 0.231 e. The Morgan fingerprint density at radius 1 is 1.19 bits per heavy atom. The van der Waals surface area contributed by atoms with E-state index in [1.807, 2.05) is 41.8 Å². The Morgan fingerprint density at radius 3 is 3.00 bits per heavy atom. The molecule has 1 aromatic carbocycles. The van der Waals surface area contributed by atoms with Crippen molar-refractivity contribution in [3.63, 3.8) is 0 Å². The Balaban J connectivity index is 1.27. The van der Waals surface area contributed by atoms with Crippen LogP contribution in [0.2, 0.25) is 0 Å². The summed E-state index contributed by atoms with van der Waals surface area (Å²) in [4.78, 5) is 20.9. The highest BCUT2D eigenvalue weighted by Gasteiger charge is 2.13. The largest absolute Gasteiger partial charge is 0.454 e. The summed E-state index contributed by atoms with van der Waals surface area (Å²) in [5.41, 5.74) is 2.68. The van der Waals surface area contributed by atoms with Gasteiger partial charge >= 0.3 is 0 Å². The van der Waals surface area contributed by atoms with Crippen molar-refractivity contribution < 1.29 is 14.3 Å². The molecule has 1 aliphatic heterocycles. The van der Waals surface area contributed by atoms with Crippen LogP contribution < -0.4 is 14.8 Å². The Morgan fingerprint density at radius 2 is 2.12 bits per heavy atom. The fourth-order valence-electron chi connectivity index (χ4n) is 2.66. The average Bonchev–Trinajstić information content (AvgIpc) is 3.31. The van der Waals surface area contributed by atoms with Crippen LogP contribution in [0.15, 0.2) is 48.0 Å².